The van der Waals surface area contributed by atoms with Gasteiger partial charge in [0.2, 0.25) is 0 Å². The van der Waals surface area contributed by atoms with Gasteiger partial charge in [-0.1, -0.05) is 13.8 Å². The number of rotatable bonds is 3. The SMILES string of the molecule is CC(C)C(O)NC(=O)c1cccnc1. The van der Waals surface area contributed by atoms with E-state index in [1.165, 1.54) is 6.20 Å². The molecular weight excluding hydrogens is 180 g/mol. The summed E-state index contributed by atoms with van der Waals surface area (Å²) in [5.74, 6) is -0.310. The Labute approximate surface area is 83.0 Å². The number of nitrogens with zero attached hydrogens (tertiary/aromatic N) is 1. The van der Waals surface area contributed by atoms with Gasteiger partial charge in [-0.25, -0.2) is 0 Å². The van der Waals surface area contributed by atoms with E-state index in [0.29, 0.717) is 5.56 Å². The molecule has 1 aromatic heterocycles. The second kappa shape index (κ2) is 4.72. The minimum atomic E-state index is -0.817. The maximum Gasteiger partial charge on any atom is 0.254 e. The minimum absolute atomic E-state index is 0.00405. The maximum absolute atomic E-state index is 11.4. The minimum Gasteiger partial charge on any atom is -0.373 e. The predicted octanol–water partition coefficient (Wildman–Crippen LogP) is 0.786. The highest BCUT2D eigenvalue weighted by atomic mass is 16.3. The molecule has 0 saturated heterocycles. The average Bonchev–Trinajstić information content (AvgIpc) is 2.19. The van der Waals surface area contributed by atoms with Gasteiger partial charge in [-0.15, -0.1) is 0 Å². The fourth-order valence-electron chi connectivity index (χ4n) is 0.881. The van der Waals surface area contributed by atoms with E-state index in [0.717, 1.165) is 0 Å². The van der Waals surface area contributed by atoms with Crippen LogP contribution in [0.5, 0.6) is 0 Å². The lowest BCUT2D eigenvalue weighted by atomic mass is 10.2. The first kappa shape index (κ1) is 10.7. The molecule has 0 aliphatic rings. The molecule has 0 aliphatic carbocycles. The molecular formula is C10H14N2O2. The molecule has 1 amide bonds. The smallest absolute Gasteiger partial charge is 0.254 e. The van der Waals surface area contributed by atoms with Crippen molar-refractivity contribution in [3.05, 3.63) is 30.1 Å². The van der Waals surface area contributed by atoms with Crippen molar-refractivity contribution in [2.45, 2.75) is 20.1 Å². The van der Waals surface area contributed by atoms with Crippen LogP contribution >= 0.6 is 0 Å². The maximum atomic E-state index is 11.4. The summed E-state index contributed by atoms with van der Waals surface area (Å²) in [4.78, 5) is 15.3. The molecule has 4 nitrogen and oxygen atoms in total. The molecule has 4 heteroatoms. The summed E-state index contributed by atoms with van der Waals surface area (Å²) in [5.41, 5.74) is 0.451. The highest BCUT2D eigenvalue weighted by molar-refractivity contribution is 5.93. The lowest BCUT2D eigenvalue weighted by Gasteiger charge is -2.15. The van der Waals surface area contributed by atoms with Crippen molar-refractivity contribution in [2.24, 2.45) is 5.92 Å². The van der Waals surface area contributed by atoms with Crippen LogP contribution in [0.4, 0.5) is 0 Å². The van der Waals surface area contributed by atoms with Gasteiger partial charge >= 0.3 is 0 Å². The number of aliphatic hydroxyl groups excluding tert-OH is 1. The second-order valence-corrected chi connectivity index (χ2v) is 3.40. The molecule has 0 aromatic carbocycles. The summed E-state index contributed by atoms with van der Waals surface area (Å²) in [6.45, 7) is 3.66. The van der Waals surface area contributed by atoms with E-state index in [1.54, 1.807) is 18.3 Å². The zero-order valence-electron chi connectivity index (χ0n) is 8.27. The first-order valence-corrected chi connectivity index (χ1v) is 4.50. The Hall–Kier alpha value is -1.42. The van der Waals surface area contributed by atoms with Crippen LogP contribution in [0, 0.1) is 5.92 Å². The lowest BCUT2D eigenvalue weighted by Crippen LogP contribution is -2.38. The van der Waals surface area contributed by atoms with Crippen molar-refractivity contribution >= 4 is 5.91 Å². The average molecular weight is 194 g/mol. The number of aromatic nitrogens is 1. The summed E-state index contributed by atoms with van der Waals surface area (Å²) in [5, 5.41) is 11.9. The van der Waals surface area contributed by atoms with E-state index in [4.69, 9.17) is 0 Å². The molecule has 1 atom stereocenters. The standard InChI is InChI=1S/C10H14N2O2/c1-7(2)9(13)12-10(14)8-4-3-5-11-6-8/h3-7,9,13H,1-2H3,(H,12,14). The van der Waals surface area contributed by atoms with Crippen LogP contribution < -0.4 is 5.32 Å². The molecule has 1 heterocycles. The first-order valence-electron chi connectivity index (χ1n) is 4.50. The Morgan fingerprint density at radius 2 is 2.29 bits per heavy atom. The number of carbonyl (C=O) groups is 1. The van der Waals surface area contributed by atoms with E-state index >= 15 is 0 Å². The topological polar surface area (TPSA) is 62.2 Å². The van der Waals surface area contributed by atoms with Crippen molar-refractivity contribution < 1.29 is 9.90 Å². The molecule has 1 aromatic rings. The number of carbonyl (C=O) groups excluding carboxylic acids is 1. The van der Waals surface area contributed by atoms with Crippen molar-refractivity contribution in [1.29, 1.82) is 0 Å². The van der Waals surface area contributed by atoms with Gasteiger partial charge in [-0.2, -0.15) is 0 Å². The third-order valence-electron chi connectivity index (χ3n) is 1.83. The zero-order chi connectivity index (χ0) is 10.6. The van der Waals surface area contributed by atoms with Crippen LogP contribution in [0.2, 0.25) is 0 Å². The highest BCUT2D eigenvalue weighted by Gasteiger charge is 2.13. The third kappa shape index (κ3) is 2.81. The second-order valence-electron chi connectivity index (χ2n) is 3.40. The molecule has 1 unspecified atom stereocenters. The summed E-state index contributed by atoms with van der Waals surface area (Å²) < 4.78 is 0. The molecule has 0 bridgehead atoms. The first-order chi connectivity index (χ1) is 6.61. The largest absolute Gasteiger partial charge is 0.373 e. The molecule has 1 rings (SSSR count). The molecule has 2 N–H and O–H groups in total. The molecule has 0 aliphatic heterocycles. The number of amides is 1. The summed E-state index contributed by atoms with van der Waals surface area (Å²) in [6.07, 6.45) is 2.24. The van der Waals surface area contributed by atoms with Gasteiger partial charge in [0.25, 0.3) is 5.91 Å². The number of nitrogens with one attached hydrogen (secondary N) is 1. The lowest BCUT2D eigenvalue weighted by molar-refractivity contribution is 0.0647. The monoisotopic (exact) mass is 194 g/mol. The Morgan fingerprint density at radius 1 is 1.57 bits per heavy atom. The number of hydrogen-bond acceptors (Lipinski definition) is 3. The van der Waals surface area contributed by atoms with Gasteiger partial charge < -0.3 is 10.4 Å². The van der Waals surface area contributed by atoms with Gasteiger partial charge in [-0.05, 0) is 18.1 Å². The molecule has 0 fully saturated rings. The van der Waals surface area contributed by atoms with Crippen molar-refractivity contribution in [3.8, 4) is 0 Å². The molecule has 76 valence electrons. The van der Waals surface area contributed by atoms with E-state index in [1.807, 2.05) is 13.8 Å². The van der Waals surface area contributed by atoms with Gasteiger partial charge in [0, 0.05) is 12.4 Å². The summed E-state index contributed by atoms with van der Waals surface area (Å²) >= 11 is 0. The molecule has 0 radical (unpaired) electrons. The van der Waals surface area contributed by atoms with Gasteiger partial charge in [0.1, 0.15) is 6.23 Å². The Morgan fingerprint density at radius 3 is 2.79 bits per heavy atom. The zero-order valence-corrected chi connectivity index (χ0v) is 8.27. The van der Waals surface area contributed by atoms with Crippen LogP contribution in [0.25, 0.3) is 0 Å². The Balaban J connectivity index is 2.60. The van der Waals surface area contributed by atoms with E-state index in [9.17, 15) is 9.90 Å². The summed E-state index contributed by atoms with van der Waals surface area (Å²) in [6, 6.07) is 3.33. The van der Waals surface area contributed by atoms with Gasteiger partial charge in [0.15, 0.2) is 0 Å². The Bertz CT molecular complexity index is 298. The van der Waals surface area contributed by atoms with Gasteiger partial charge in [0.05, 0.1) is 5.56 Å². The molecule has 0 saturated carbocycles. The van der Waals surface area contributed by atoms with Crippen LogP contribution in [0.1, 0.15) is 24.2 Å². The van der Waals surface area contributed by atoms with Crippen molar-refractivity contribution in [2.75, 3.05) is 0 Å². The van der Waals surface area contributed by atoms with Crippen molar-refractivity contribution in [3.63, 3.8) is 0 Å². The van der Waals surface area contributed by atoms with Crippen LogP contribution in [-0.4, -0.2) is 22.2 Å². The van der Waals surface area contributed by atoms with Crippen LogP contribution in [0.3, 0.4) is 0 Å². The van der Waals surface area contributed by atoms with E-state index in [2.05, 4.69) is 10.3 Å². The highest BCUT2D eigenvalue weighted by Crippen LogP contribution is 2.00. The van der Waals surface area contributed by atoms with E-state index in [-0.39, 0.29) is 11.8 Å². The summed E-state index contributed by atoms with van der Waals surface area (Å²) in [7, 11) is 0. The van der Waals surface area contributed by atoms with E-state index < -0.39 is 6.23 Å². The van der Waals surface area contributed by atoms with Crippen LogP contribution in [0.15, 0.2) is 24.5 Å². The normalized spacial score (nSPS) is 12.6. The number of pyridine rings is 1. The number of hydrogen-bond donors (Lipinski definition) is 2. The molecule has 14 heavy (non-hydrogen) atoms. The fourth-order valence-corrected chi connectivity index (χ4v) is 0.881. The Kier molecular flexibility index (Phi) is 3.59. The number of aliphatic hydroxyl groups is 1. The molecule has 0 spiro atoms. The quantitative estimate of drug-likeness (QED) is 0.699. The van der Waals surface area contributed by atoms with Gasteiger partial charge in [-0.3, -0.25) is 9.78 Å². The third-order valence-corrected chi connectivity index (χ3v) is 1.83. The predicted molar refractivity (Wildman–Crippen MR) is 52.5 cm³/mol. The fraction of sp³-hybridized carbons (Fsp3) is 0.400. The van der Waals surface area contributed by atoms with Crippen molar-refractivity contribution in [1.82, 2.24) is 10.3 Å². The van der Waals surface area contributed by atoms with Crippen LogP contribution in [-0.2, 0) is 0 Å².